The van der Waals surface area contributed by atoms with Crippen LogP contribution in [0.4, 0.5) is 0 Å². The summed E-state index contributed by atoms with van der Waals surface area (Å²) in [7, 11) is 0. The molecule has 0 N–H and O–H groups in total. The fourth-order valence-corrected chi connectivity index (χ4v) is 2.55. The van der Waals surface area contributed by atoms with Gasteiger partial charge in [0, 0.05) is 31.0 Å². The maximum absolute atomic E-state index is 12.4. The normalized spacial score (nSPS) is 14.8. The van der Waals surface area contributed by atoms with E-state index < -0.39 is 0 Å². The van der Waals surface area contributed by atoms with Crippen molar-refractivity contribution in [2.24, 2.45) is 0 Å². The van der Waals surface area contributed by atoms with E-state index in [-0.39, 0.29) is 5.91 Å². The molecule has 1 fully saturated rings. The molecule has 0 bridgehead atoms. The molecule has 3 rings (SSSR count). The Morgan fingerprint density at radius 2 is 1.71 bits per heavy atom. The number of aromatic nitrogens is 1. The summed E-state index contributed by atoms with van der Waals surface area (Å²) in [5.41, 5.74) is 2.91. The van der Waals surface area contributed by atoms with Gasteiger partial charge in [-0.15, -0.1) is 0 Å². The third-order valence-electron chi connectivity index (χ3n) is 3.70. The molecule has 1 saturated heterocycles. The Hall–Kier alpha value is -2.42. The summed E-state index contributed by atoms with van der Waals surface area (Å²) in [6, 6.07) is 11.7. The predicted octanol–water partition coefficient (Wildman–Crippen LogP) is 3.49. The summed E-state index contributed by atoms with van der Waals surface area (Å²) in [4.78, 5) is 18.3. The molecule has 0 unspecified atom stereocenters. The molecule has 106 valence electrons. The van der Waals surface area contributed by atoms with E-state index >= 15 is 0 Å². The molecule has 0 atom stereocenters. The molecule has 2 heterocycles. The summed E-state index contributed by atoms with van der Waals surface area (Å²) < 4.78 is 0. The first-order valence-corrected chi connectivity index (χ1v) is 7.30. The second kappa shape index (κ2) is 6.35. The van der Waals surface area contributed by atoms with E-state index in [2.05, 4.69) is 4.98 Å². The van der Waals surface area contributed by atoms with Crippen molar-refractivity contribution in [3.8, 4) is 0 Å². The van der Waals surface area contributed by atoms with Crippen LogP contribution in [0, 0.1) is 0 Å². The lowest BCUT2D eigenvalue weighted by Crippen LogP contribution is -2.27. The maximum Gasteiger partial charge on any atom is 0.253 e. The first-order chi connectivity index (χ1) is 10.3. The molecule has 21 heavy (non-hydrogen) atoms. The number of rotatable bonds is 3. The lowest BCUT2D eigenvalue weighted by Gasteiger charge is -2.15. The van der Waals surface area contributed by atoms with Crippen molar-refractivity contribution < 1.29 is 4.79 Å². The van der Waals surface area contributed by atoms with Crippen molar-refractivity contribution in [1.82, 2.24) is 9.88 Å². The Morgan fingerprint density at radius 3 is 2.48 bits per heavy atom. The molecular weight excluding hydrogens is 260 g/mol. The van der Waals surface area contributed by atoms with Crippen LogP contribution >= 0.6 is 0 Å². The molecule has 3 heteroatoms. The molecule has 3 nitrogen and oxygen atoms in total. The van der Waals surface area contributed by atoms with Crippen molar-refractivity contribution in [3.05, 3.63) is 65.5 Å². The van der Waals surface area contributed by atoms with Crippen LogP contribution in [0.5, 0.6) is 0 Å². The first-order valence-electron chi connectivity index (χ1n) is 7.30. The molecular formula is C18H18N2O. The highest BCUT2D eigenvalue weighted by Crippen LogP contribution is 2.15. The molecule has 1 amide bonds. The first kappa shape index (κ1) is 13.6. The number of hydrogen-bond donors (Lipinski definition) is 0. The monoisotopic (exact) mass is 278 g/mol. The second-order valence-electron chi connectivity index (χ2n) is 5.24. The number of carbonyl (C=O) groups is 1. The predicted molar refractivity (Wildman–Crippen MR) is 84.7 cm³/mol. The van der Waals surface area contributed by atoms with Gasteiger partial charge in [-0.05, 0) is 48.2 Å². The minimum absolute atomic E-state index is 0.145. The number of hydrogen-bond acceptors (Lipinski definition) is 2. The van der Waals surface area contributed by atoms with Crippen LogP contribution in [0.3, 0.4) is 0 Å². The lowest BCUT2D eigenvalue weighted by atomic mass is 10.1. The maximum atomic E-state index is 12.4. The molecule has 1 aliphatic heterocycles. The minimum atomic E-state index is 0.145. The van der Waals surface area contributed by atoms with Crippen molar-refractivity contribution >= 4 is 18.1 Å². The van der Waals surface area contributed by atoms with E-state index in [1.165, 1.54) is 0 Å². The van der Waals surface area contributed by atoms with E-state index in [0.29, 0.717) is 0 Å². The average Bonchev–Trinajstić information content (AvgIpc) is 3.08. The quantitative estimate of drug-likeness (QED) is 0.861. The molecule has 0 aliphatic carbocycles. The number of benzene rings is 1. The zero-order valence-electron chi connectivity index (χ0n) is 11.9. The molecule has 2 aromatic rings. The second-order valence-corrected chi connectivity index (χ2v) is 5.24. The van der Waals surface area contributed by atoms with Gasteiger partial charge in [0.25, 0.3) is 5.91 Å². The third-order valence-corrected chi connectivity index (χ3v) is 3.70. The van der Waals surface area contributed by atoms with Crippen LogP contribution in [0.2, 0.25) is 0 Å². The molecule has 0 saturated carbocycles. The molecule has 0 spiro atoms. The standard InChI is InChI=1S/C18H18N2O/c21-18(20-12-1-2-13-20)17-5-3-4-16(14-17)7-6-15-8-10-19-11-9-15/h3-11,14H,1-2,12-13H2/b7-6+. The number of amides is 1. The van der Waals surface area contributed by atoms with Crippen LogP contribution in [0.1, 0.15) is 34.3 Å². The van der Waals surface area contributed by atoms with Crippen LogP contribution in [0.25, 0.3) is 12.2 Å². The molecule has 0 radical (unpaired) electrons. The third kappa shape index (κ3) is 3.37. The Kier molecular flexibility index (Phi) is 4.10. The highest BCUT2D eigenvalue weighted by atomic mass is 16.2. The van der Waals surface area contributed by atoms with Gasteiger partial charge in [0.2, 0.25) is 0 Å². The SMILES string of the molecule is O=C(c1cccc(/C=C/c2ccncc2)c1)N1CCCC1. The van der Waals surface area contributed by atoms with Gasteiger partial charge >= 0.3 is 0 Å². The summed E-state index contributed by atoms with van der Waals surface area (Å²) >= 11 is 0. The summed E-state index contributed by atoms with van der Waals surface area (Å²) in [5.74, 6) is 0.145. The number of carbonyl (C=O) groups excluding carboxylic acids is 1. The fraction of sp³-hybridized carbons (Fsp3) is 0.222. The van der Waals surface area contributed by atoms with Gasteiger partial charge in [-0.3, -0.25) is 9.78 Å². The lowest BCUT2D eigenvalue weighted by molar-refractivity contribution is 0.0793. The number of likely N-dealkylation sites (tertiary alicyclic amines) is 1. The van der Waals surface area contributed by atoms with Crippen LogP contribution < -0.4 is 0 Å². The largest absolute Gasteiger partial charge is 0.339 e. The van der Waals surface area contributed by atoms with E-state index in [1.54, 1.807) is 12.4 Å². The van der Waals surface area contributed by atoms with Crippen LogP contribution in [-0.2, 0) is 0 Å². The molecule has 1 aromatic heterocycles. The summed E-state index contributed by atoms with van der Waals surface area (Å²) in [5, 5.41) is 0. The van der Waals surface area contributed by atoms with Gasteiger partial charge in [0.15, 0.2) is 0 Å². The Balaban J connectivity index is 1.77. The Morgan fingerprint density at radius 1 is 1.00 bits per heavy atom. The van der Waals surface area contributed by atoms with Gasteiger partial charge in [0.1, 0.15) is 0 Å². The van der Waals surface area contributed by atoms with Crippen molar-refractivity contribution in [2.75, 3.05) is 13.1 Å². The van der Waals surface area contributed by atoms with E-state index in [9.17, 15) is 4.79 Å². The van der Waals surface area contributed by atoms with Crippen LogP contribution in [-0.4, -0.2) is 28.9 Å². The van der Waals surface area contributed by atoms with Gasteiger partial charge in [-0.25, -0.2) is 0 Å². The topological polar surface area (TPSA) is 33.2 Å². The number of nitrogens with zero attached hydrogens (tertiary/aromatic N) is 2. The van der Waals surface area contributed by atoms with Gasteiger partial charge < -0.3 is 4.90 Å². The van der Waals surface area contributed by atoms with E-state index in [4.69, 9.17) is 0 Å². The van der Waals surface area contributed by atoms with Crippen molar-refractivity contribution in [1.29, 1.82) is 0 Å². The summed E-state index contributed by atoms with van der Waals surface area (Å²) in [6.45, 7) is 1.77. The highest BCUT2D eigenvalue weighted by Gasteiger charge is 2.19. The Bertz CT molecular complexity index is 643. The zero-order chi connectivity index (χ0) is 14.5. The van der Waals surface area contributed by atoms with Crippen LogP contribution in [0.15, 0.2) is 48.8 Å². The Labute approximate surface area is 124 Å². The van der Waals surface area contributed by atoms with Crippen molar-refractivity contribution in [3.63, 3.8) is 0 Å². The van der Waals surface area contributed by atoms with Gasteiger partial charge in [-0.2, -0.15) is 0 Å². The summed E-state index contributed by atoms with van der Waals surface area (Å²) in [6.07, 6.45) is 9.83. The molecule has 1 aromatic carbocycles. The average molecular weight is 278 g/mol. The van der Waals surface area contributed by atoms with E-state index in [0.717, 1.165) is 42.6 Å². The molecule has 1 aliphatic rings. The van der Waals surface area contributed by atoms with Gasteiger partial charge in [0.05, 0.1) is 0 Å². The van der Waals surface area contributed by atoms with E-state index in [1.807, 2.05) is 53.5 Å². The van der Waals surface area contributed by atoms with Gasteiger partial charge in [-0.1, -0.05) is 24.3 Å². The zero-order valence-corrected chi connectivity index (χ0v) is 11.9. The smallest absolute Gasteiger partial charge is 0.253 e. The minimum Gasteiger partial charge on any atom is -0.339 e. The fourth-order valence-electron chi connectivity index (χ4n) is 2.55. The highest BCUT2D eigenvalue weighted by molar-refractivity contribution is 5.95. The van der Waals surface area contributed by atoms with Crippen molar-refractivity contribution in [2.45, 2.75) is 12.8 Å². The number of pyridine rings is 1.